The van der Waals surface area contributed by atoms with Crippen molar-refractivity contribution in [1.82, 2.24) is 25.1 Å². The van der Waals surface area contributed by atoms with Crippen LogP contribution in [-0.2, 0) is 6.54 Å². The Morgan fingerprint density at radius 2 is 2.33 bits per heavy atom. The van der Waals surface area contributed by atoms with E-state index < -0.39 is 0 Å². The summed E-state index contributed by atoms with van der Waals surface area (Å²) in [6.45, 7) is 1.79. The van der Waals surface area contributed by atoms with E-state index >= 15 is 0 Å². The minimum Gasteiger partial charge on any atom is -0.384 e. The Bertz CT molecular complexity index is 699. The highest BCUT2D eigenvalue weighted by molar-refractivity contribution is 5.94. The number of aromatic nitrogens is 4. The zero-order valence-corrected chi connectivity index (χ0v) is 11.8. The van der Waals surface area contributed by atoms with Gasteiger partial charge in [-0.3, -0.25) is 9.89 Å². The van der Waals surface area contributed by atoms with Gasteiger partial charge in [0.15, 0.2) is 5.82 Å². The first-order valence-corrected chi connectivity index (χ1v) is 6.30. The normalized spacial score (nSPS) is 9.86. The predicted molar refractivity (Wildman–Crippen MR) is 75.1 cm³/mol. The Morgan fingerprint density at radius 1 is 1.52 bits per heavy atom. The number of pyridine rings is 1. The summed E-state index contributed by atoms with van der Waals surface area (Å²) in [5, 5.41) is 15.5. The van der Waals surface area contributed by atoms with Crippen LogP contribution in [0.1, 0.15) is 27.7 Å². The van der Waals surface area contributed by atoms with Gasteiger partial charge in [-0.15, -0.1) is 0 Å². The molecule has 0 saturated heterocycles. The minimum absolute atomic E-state index is 0.244. The van der Waals surface area contributed by atoms with Crippen LogP contribution in [0.3, 0.4) is 0 Å². The largest absolute Gasteiger partial charge is 0.384 e. The van der Waals surface area contributed by atoms with Gasteiger partial charge in [0.2, 0.25) is 0 Å². The smallest absolute Gasteiger partial charge is 0.273 e. The molecule has 1 amide bonds. The average molecular weight is 285 g/mol. The van der Waals surface area contributed by atoms with Gasteiger partial charge < -0.3 is 10.0 Å². The second-order valence-corrected chi connectivity index (χ2v) is 4.36. The summed E-state index contributed by atoms with van der Waals surface area (Å²) in [6, 6.07) is 3.38. The van der Waals surface area contributed by atoms with Crippen molar-refractivity contribution in [3.05, 3.63) is 41.2 Å². The number of H-pyrrole nitrogens is 1. The molecule has 0 radical (unpaired) electrons. The summed E-state index contributed by atoms with van der Waals surface area (Å²) in [7, 11) is 1.64. The molecule has 2 rings (SSSR count). The molecule has 0 saturated carbocycles. The second kappa shape index (κ2) is 6.63. The molecule has 2 N–H and O–H groups in total. The van der Waals surface area contributed by atoms with Crippen molar-refractivity contribution in [2.24, 2.45) is 0 Å². The standard InChI is InChI=1S/C14H15N5O2/c1-10-16-12(18-17-10)9-19(2)14(21)13-11(6-4-8-20)5-3-7-15-13/h3,5,7,20H,8-9H2,1-2H3,(H,16,17,18). The molecule has 0 unspecified atom stereocenters. The summed E-state index contributed by atoms with van der Waals surface area (Å²) >= 11 is 0. The highest BCUT2D eigenvalue weighted by Crippen LogP contribution is 2.08. The van der Waals surface area contributed by atoms with Crippen molar-refractivity contribution < 1.29 is 9.90 Å². The molecule has 0 fully saturated rings. The Hall–Kier alpha value is -2.72. The van der Waals surface area contributed by atoms with Crippen LogP contribution in [-0.4, -0.2) is 49.7 Å². The van der Waals surface area contributed by atoms with Gasteiger partial charge in [0.05, 0.1) is 12.1 Å². The van der Waals surface area contributed by atoms with Crippen molar-refractivity contribution in [2.45, 2.75) is 13.5 Å². The van der Waals surface area contributed by atoms with Crippen LogP contribution in [0.25, 0.3) is 0 Å². The number of nitrogens with one attached hydrogen (secondary N) is 1. The van der Waals surface area contributed by atoms with Gasteiger partial charge in [0.25, 0.3) is 5.91 Å². The predicted octanol–water partition coefficient (Wildman–Crippen LogP) is 0.124. The molecule has 0 aliphatic carbocycles. The second-order valence-electron chi connectivity index (χ2n) is 4.36. The molecular weight excluding hydrogens is 270 g/mol. The third-order valence-electron chi connectivity index (χ3n) is 2.68. The van der Waals surface area contributed by atoms with Crippen LogP contribution >= 0.6 is 0 Å². The van der Waals surface area contributed by atoms with Crippen LogP contribution < -0.4 is 0 Å². The van der Waals surface area contributed by atoms with Gasteiger partial charge in [0, 0.05) is 13.2 Å². The van der Waals surface area contributed by atoms with Crippen LogP contribution in [0.15, 0.2) is 18.3 Å². The van der Waals surface area contributed by atoms with Crippen LogP contribution in [0.4, 0.5) is 0 Å². The van der Waals surface area contributed by atoms with E-state index in [0.717, 1.165) is 0 Å². The third kappa shape index (κ3) is 3.64. The average Bonchev–Trinajstić information content (AvgIpc) is 2.89. The lowest BCUT2D eigenvalue weighted by atomic mass is 10.2. The van der Waals surface area contributed by atoms with Gasteiger partial charge in [-0.25, -0.2) is 9.97 Å². The molecule has 2 heterocycles. The number of amides is 1. The number of aromatic amines is 1. The lowest BCUT2D eigenvalue weighted by Crippen LogP contribution is -2.28. The number of carbonyl (C=O) groups excluding carboxylic acids is 1. The van der Waals surface area contributed by atoms with Gasteiger partial charge in [-0.1, -0.05) is 11.8 Å². The van der Waals surface area contributed by atoms with E-state index in [1.54, 1.807) is 26.1 Å². The molecule has 0 spiro atoms. The highest BCUT2D eigenvalue weighted by atomic mass is 16.2. The maximum atomic E-state index is 12.4. The summed E-state index contributed by atoms with van der Waals surface area (Å²) in [5.41, 5.74) is 0.725. The number of rotatable bonds is 3. The van der Waals surface area contributed by atoms with E-state index in [1.807, 2.05) is 0 Å². The highest BCUT2D eigenvalue weighted by Gasteiger charge is 2.17. The molecule has 2 aromatic heterocycles. The molecule has 7 nitrogen and oxygen atoms in total. The van der Waals surface area contributed by atoms with E-state index in [0.29, 0.717) is 17.2 Å². The Morgan fingerprint density at radius 3 is 3.00 bits per heavy atom. The first kappa shape index (κ1) is 14.7. The molecule has 0 atom stereocenters. The number of carbonyl (C=O) groups is 1. The molecule has 7 heteroatoms. The summed E-state index contributed by atoms with van der Waals surface area (Å²) < 4.78 is 0. The number of aliphatic hydroxyl groups is 1. The topological polar surface area (TPSA) is 95.0 Å². The van der Waals surface area contributed by atoms with Gasteiger partial charge in [-0.2, -0.15) is 5.10 Å². The quantitative estimate of drug-likeness (QED) is 0.781. The van der Waals surface area contributed by atoms with Crippen molar-refractivity contribution in [2.75, 3.05) is 13.7 Å². The molecule has 0 aliphatic heterocycles. The third-order valence-corrected chi connectivity index (χ3v) is 2.68. The van der Waals surface area contributed by atoms with Crippen molar-refractivity contribution in [3.8, 4) is 11.8 Å². The number of hydrogen-bond acceptors (Lipinski definition) is 5. The fraction of sp³-hybridized carbons (Fsp3) is 0.286. The fourth-order valence-electron chi connectivity index (χ4n) is 1.74. The van der Waals surface area contributed by atoms with E-state index in [-0.39, 0.29) is 24.8 Å². The molecule has 0 bridgehead atoms. The Labute approximate surface area is 122 Å². The van der Waals surface area contributed by atoms with E-state index in [2.05, 4.69) is 32.0 Å². The van der Waals surface area contributed by atoms with Crippen molar-refractivity contribution >= 4 is 5.91 Å². The Kier molecular flexibility index (Phi) is 4.64. The summed E-state index contributed by atoms with van der Waals surface area (Å²) in [6.07, 6.45) is 1.53. The van der Waals surface area contributed by atoms with Crippen LogP contribution in [0, 0.1) is 18.8 Å². The Balaban J connectivity index is 2.19. The monoisotopic (exact) mass is 285 g/mol. The summed E-state index contributed by atoms with van der Waals surface area (Å²) in [5.74, 6) is 6.18. The zero-order valence-electron chi connectivity index (χ0n) is 11.8. The number of hydrogen-bond donors (Lipinski definition) is 2. The molecule has 21 heavy (non-hydrogen) atoms. The number of aryl methyl sites for hydroxylation is 1. The lowest BCUT2D eigenvalue weighted by molar-refractivity contribution is 0.0775. The first-order valence-electron chi connectivity index (χ1n) is 6.30. The SMILES string of the molecule is Cc1nc(CN(C)C(=O)c2ncccc2C#CCO)n[nH]1. The number of aliphatic hydroxyl groups excluding tert-OH is 1. The fourth-order valence-corrected chi connectivity index (χ4v) is 1.74. The van der Waals surface area contributed by atoms with Crippen LogP contribution in [0.5, 0.6) is 0 Å². The van der Waals surface area contributed by atoms with E-state index in [1.165, 1.54) is 11.1 Å². The molecule has 0 aliphatic rings. The maximum absolute atomic E-state index is 12.4. The van der Waals surface area contributed by atoms with Gasteiger partial charge in [0.1, 0.15) is 18.1 Å². The van der Waals surface area contributed by atoms with Gasteiger partial charge >= 0.3 is 0 Å². The zero-order chi connectivity index (χ0) is 15.2. The summed E-state index contributed by atoms with van der Waals surface area (Å²) in [4.78, 5) is 22.1. The lowest BCUT2D eigenvalue weighted by Gasteiger charge is -2.15. The molecule has 108 valence electrons. The van der Waals surface area contributed by atoms with Crippen LogP contribution in [0.2, 0.25) is 0 Å². The first-order chi connectivity index (χ1) is 10.1. The maximum Gasteiger partial charge on any atom is 0.273 e. The van der Waals surface area contributed by atoms with E-state index in [9.17, 15) is 4.79 Å². The molecule has 0 aromatic carbocycles. The van der Waals surface area contributed by atoms with Crippen molar-refractivity contribution in [3.63, 3.8) is 0 Å². The molecular formula is C14H15N5O2. The minimum atomic E-state index is -0.278. The number of nitrogens with zero attached hydrogens (tertiary/aromatic N) is 4. The molecule has 2 aromatic rings. The van der Waals surface area contributed by atoms with Gasteiger partial charge in [-0.05, 0) is 19.1 Å². The van der Waals surface area contributed by atoms with E-state index in [4.69, 9.17) is 5.11 Å². The van der Waals surface area contributed by atoms with Crippen molar-refractivity contribution in [1.29, 1.82) is 0 Å².